The second-order valence-corrected chi connectivity index (χ2v) is 5.58. The number of aromatic nitrogens is 1. The number of pyridine rings is 1. The average Bonchev–Trinajstić information content (AvgIpc) is 2.71. The number of hydrogen-bond donors (Lipinski definition) is 2. The van der Waals surface area contributed by atoms with Crippen LogP contribution in [0.2, 0.25) is 0 Å². The van der Waals surface area contributed by atoms with Gasteiger partial charge in [0, 0.05) is 23.1 Å². The number of nitrogen functional groups attached to an aromatic ring is 1. The molecule has 2 aromatic heterocycles. The van der Waals surface area contributed by atoms with E-state index < -0.39 is 0 Å². The number of amides is 1. The number of rotatable bonds is 4. The van der Waals surface area contributed by atoms with Gasteiger partial charge in [-0.05, 0) is 25.0 Å². The lowest BCUT2D eigenvalue weighted by atomic mass is 10.1. The molecule has 0 unspecified atom stereocenters. The van der Waals surface area contributed by atoms with Crippen molar-refractivity contribution < 1.29 is 9.78 Å². The zero-order chi connectivity index (χ0) is 13.8. The summed E-state index contributed by atoms with van der Waals surface area (Å²) in [7, 11) is 0. The largest absolute Gasteiger partial charge is 0.390 e. The Morgan fingerprint density at radius 1 is 1.53 bits per heavy atom. The Kier molecular flexibility index (Phi) is 4.16. The molecule has 2 aromatic rings. The van der Waals surface area contributed by atoms with E-state index in [-0.39, 0.29) is 5.91 Å². The maximum Gasteiger partial charge on any atom is 0.254 e. The van der Waals surface area contributed by atoms with Crippen molar-refractivity contribution in [2.75, 3.05) is 5.73 Å². The quantitative estimate of drug-likeness (QED) is 0.896. The molecule has 0 aliphatic heterocycles. The van der Waals surface area contributed by atoms with Gasteiger partial charge in [0.2, 0.25) is 0 Å². The Labute approximate surface area is 116 Å². The van der Waals surface area contributed by atoms with Crippen LogP contribution in [0, 0.1) is 6.92 Å². The lowest BCUT2D eigenvalue weighted by Crippen LogP contribution is -2.24. The second-order valence-electron chi connectivity index (χ2n) is 4.32. The molecular weight excluding hydrogens is 258 g/mol. The maximum atomic E-state index is 12.2. The maximum absolute atomic E-state index is 12.2. The minimum atomic E-state index is -0.0949. The molecule has 0 saturated heterocycles. The predicted octanol–water partition coefficient (Wildman–Crippen LogP) is 1.95. The van der Waals surface area contributed by atoms with E-state index in [1.807, 2.05) is 38.4 Å². The van der Waals surface area contributed by atoms with Gasteiger partial charge >= 0.3 is 0 Å². The molecule has 2 rings (SSSR count). The van der Waals surface area contributed by atoms with E-state index in [0.717, 1.165) is 22.4 Å². The molecule has 1 amide bonds. The fraction of sp³-hybridized carbons (Fsp3) is 0.286. The number of carbonyl (C=O) groups excluding carboxylic acids is 1. The van der Waals surface area contributed by atoms with E-state index >= 15 is 0 Å². The lowest BCUT2D eigenvalue weighted by molar-refractivity contribution is -0.378. The first-order chi connectivity index (χ1) is 9.13. The third-order valence-corrected chi connectivity index (χ3v) is 4.02. The van der Waals surface area contributed by atoms with Crippen LogP contribution in [0.25, 0.3) is 0 Å². The molecule has 4 N–H and O–H groups in total. The molecule has 0 saturated carbocycles. The van der Waals surface area contributed by atoms with Crippen molar-refractivity contribution in [1.82, 2.24) is 5.32 Å². The van der Waals surface area contributed by atoms with Crippen molar-refractivity contribution in [2.24, 2.45) is 0 Å². The van der Waals surface area contributed by atoms with E-state index in [2.05, 4.69) is 10.3 Å². The molecule has 2 heterocycles. The smallest absolute Gasteiger partial charge is 0.254 e. The monoisotopic (exact) mass is 276 g/mol. The van der Waals surface area contributed by atoms with Crippen LogP contribution in [0.3, 0.4) is 0 Å². The zero-order valence-electron chi connectivity index (χ0n) is 11.1. The van der Waals surface area contributed by atoms with Crippen LogP contribution in [-0.4, -0.2) is 5.91 Å². The Bertz CT molecular complexity index is 578. The van der Waals surface area contributed by atoms with E-state index in [1.54, 1.807) is 0 Å². The summed E-state index contributed by atoms with van der Waals surface area (Å²) in [6.07, 6.45) is 4.52. The summed E-state index contributed by atoms with van der Waals surface area (Å²) in [6.45, 7) is 4.54. The standard InChI is InChI=1S/C14H17N3OS/c1-3-11-9(2)19-13(15)12(11)14(18)17-8-10-5-4-6-16-7-10/h4-7H,3,8,15H2,1-2H3,(H,17,18)/p+1. The van der Waals surface area contributed by atoms with Crippen LogP contribution >= 0.6 is 11.3 Å². The Balaban J connectivity index is 2.12. The van der Waals surface area contributed by atoms with E-state index in [9.17, 15) is 4.79 Å². The minimum Gasteiger partial charge on any atom is -0.390 e. The molecule has 19 heavy (non-hydrogen) atoms. The van der Waals surface area contributed by atoms with Gasteiger partial charge in [-0.1, -0.05) is 6.92 Å². The van der Waals surface area contributed by atoms with Gasteiger partial charge in [0.15, 0.2) is 12.4 Å². The Morgan fingerprint density at radius 3 is 2.95 bits per heavy atom. The molecule has 4 nitrogen and oxygen atoms in total. The number of H-pyrrole nitrogens is 1. The van der Waals surface area contributed by atoms with Crippen molar-refractivity contribution >= 4 is 22.2 Å². The minimum absolute atomic E-state index is 0.0949. The lowest BCUT2D eigenvalue weighted by Gasteiger charge is -2.06. The molecule has 5 heteroatoms. The summed E-state index contributed by atoms with van der Waals surface area (Å²) in [6, 6.07) is 3.86. The first kappa shape index (κ1) is 13.5. The highest BCUT2D eigenvalue weighted by Gasteiger charge is 2.19. The zero-order valence-corrected chi connectivity index (χ0v) is 11.9. The van der Waals surface area contributed by atoms with Crippen LogP contribution in [0.5, 0.6) is 0 Å². The summed E-state index contributed by atoms with van der Waals surface area (Å²) in [5.41, 5.74) is 8.67. The van der Waals surface area contributed by atoms with E-state index in [4.69, 9.17) is 5.73 Å². The highest BCUT2D eigenvalue weighted by Crippen LogP contribution is 2.30. The molecule has 0 fully saturated rings. The van der Waals surface area contributed by atoms with Gasteiger partial charge in [-0.3, -0.25) is 4.79 Å². The van der Waals surface area contributed by atoms with Gasteiger partial charge < -0.3 is 11.1 Å². The topological polar surface area (TPSA) is 69.3 Å². The Hall–Kier alpha value is -1.88. The first-order valence-electron chi connectivity index (χ1n) is 6.24. The van der Waals surface area contributed by atoms with Gasteiger partial charge in [-0.2, -0.15) is 0 Å². The van der Waals surface area contributed by atoms with Gasteiger partial charge in [-0.25, -0.2) is 4.98 Å². The van der Waals surface area contributed by atoms with E-state index in [1.165, 1.54) is 11.3 Å². The first-order valence-corrected chi connectivity index (χ1v) is 7.06. The number of hydrogen-bond acceptors (Lipinski definition) is 3. The third-order valence-electron chi connectivity index (χ3n) is 3.04. The van der Waals surface area contributed by atoms with Gasteiger partial charge in [0.05, 0.1) is 10.6 Å². The highest BCUT2D eigenvalue weighted by molar-refractivity contribution is 7.16. The van der Waals surface area contributed by atoms with Gasteiger partial charge in [-0.15, -0.1) is 11.3 Å². The van der Waals surface area contributed by atoms with Crippen LogP contribution in [0.1, 0.15) is 33.3 Å². The fourth-order valence-corrected chi connectivity index (χ4v) is 3.11. The summed E-state index contributed by atoms with van der Waals surface area (Å²) in [5, 5.41) is 3.52. The van der Waals surface area contributed by atoms with Crippen LogP contribution in [-0.2, 0) is 13.0 Å². The molecular formula is C14H18N3OS+. The third kappa shape index (κ3) is 2.93. The number of anilines is 1. The summed E-state index contributed by atoms with van der Waals surface area (Å²) in [5.74, 6) is -0.0949. The number of thiophene rings is 1. The molecule has 100 valence electrons. The fourth-order valence-electron chi connectivity index (χ4n) is 2.09. The highest BCUT2D eigenvalue weighted by atomic mass is 32.1. The van der Waals surface area contributed by atoms with Gasteiger partial charge in [0.1, 0.15) is 0 Å². The molecule has 0 bridgehead atoms. The number of aromatic amines is 1. The SMILES string of the molecule is CCc1c(C)sc(N)c1C(=O)NCc1ccc[nH+]c1. The molecule has 0 aliphatic carbocycles. The van der Waals surface area contributed by atoms with Crippen molar-refractivity contribution in [2.45, 2.75) is 26.8 Å². The second kappa shape index (κ2) is 5.84. The Morgan fingerprint density at radius 2 is 2.32 bits per heavy atom. The van der Waals surface area contributed by atoms with Crippen molar-refractivity contribution in [3.63, 3.8) is 0 Å². The number of carbonyl (C=O) groups is 1. The number of nitrogens with one attached hydrogen (secondary N) is 2. The number of aryl methyl sites for hydroxylation is 1. The molecule has 0 radical (unpaired) electrons. The van der Waals surface area contributed by atoms with E-state index in [0.29, 0.717) is 17.1 Å². The van der Waals surface area contributed by atoms with Gasteiger partial charge in [0.25, 0.3) is 5.91 Å². The summed E-state index contributed by atoms with van der Waals surface area (Å²) >= 11 is 1.48. The van der Waals surface area contributed by atoms with Crippen molar-refractivity contribution in [3.05, 3.63) is 46.1 Å². The summed E-state index contributed by atoms with van der Waals surface area (Å²) < 4.78 is 0. The molecule has 0 aromatic carbocycles. The normalized spacial score (nSPS) is 10.4. The van der Waals surface area contributed by atoms with Crippen LogP contribution in [0.4, 0.5) is 5.00 Å². The van der Waals surface area contributed by atoms with Crippen LogP contribution in [0.15, 0.2) is 24.5 Å². The van der Waals surface area contributed by atoms with Crippen molar-refractivity contribution in [3.8, 4) is 0 Å². The summed E-state index contributed by atoms with van der Waals surface area (Å²) in [4.78, 5) is 16.3. The molecule has 0 spiro atoms. The van der Waals surface area contributed by atoms with Crippen LogP contribution < -0.4 is 16.0 Å². The predicted molar refractivity (Wildman–Crippen MR) is 77.0 cm³/mol. The molecule has 0 atom stereocenters. The number of nitrogens with two attached hydrogens (primary N) is 1. The average molecular weight is 276 g/mol. The van der Waals surface area contributed by atoms with Crippen molar-refractivity contribution in [1.29, 1.82) is 0 Å². The molecule has 0 aliphatic rings.